The minimum atomic E-state index is 0.208. The fourth-order valence-corrected chi connectivity index (χ4v) is 3.65. The zero-order valence-corrected chi connectivity index (χ0v) is 9.48. The molecule has 5 rings (SSSR count). The third-order valence-corrected chi connectivity index (χ3v) is 4.30. The van der Waals surface area contributed by atoms with E-state index in [-0.39, 0.29) is 5.41 Å². The molecule has 0 N–H and O–H groups in total. The lowest BCUT2D eigenvalue weighted by Gasteiger charge is -2.40. The van der Waals surface area contributed by atoms with Crippen molar-refractivity contribution in [3.63, 3.8) is 0 Å². The first kappa shape index (κ1) is 8.77. The van der Waals surface area contributed by atoms with Gasteiger partial charge in [-0.3, -0.25) is 0 Å². The molecule has 1 saturated heterocycles. The normalized spacial score (nSPS) is 34.8. The van der Waals surface area contributed by atoms with E-state index < -0.39 is 0 Å². The molecule has 2 bridgehead atoms. The molecule has 0 aromatic heterocycles. The lowest BCUT2D eigenvalue weighted by atomic mass is 9.63. The van der Waals surface area contributed by atoms with Gasteiger partial charge in [-0.25, -0.2) is 0 Å². The van der Waals surface area contributed by atoms with Crippen molar-refractivity contribution in [2.75, 3.05) is 20.1 Å². The topological polar surface area (TPSA) is 3.24 Å². The smallest absolute Gasteiger partial charge is 0.0484 e. The highest BCUT2D eigenvalue weighted by atomic mass is 15.1. The summed E-state index contributed by atoms with van der Waals surface area (Å²) in [6.45, 7) is 2.27. The van der Waals surface area contributed by atoms with Crippen molar-refractivity contribution >= 4 is 0 Å². The number of allylic oxidation sites excluding steroid dienone is 2. The molecule has 1 heteroatoms. The Morgan fingerprint density at radius 3 is 3.12 bits per heavy atom. The van der Waals surface area contributed by atoms with Crippen LogP contribution in [0.4, 0.5) is 0 Å². The number of rotatable bonds is 0. The van der Waals surface area contributed by atoms with Crippen LogP contribution in [-0.2, 0) is 5.41 Å². The Kier molecular flexibility index (Phi) is 1.46. The molecule has 16 heavy (non-hydrogen) atoms. The maximum atomic E-state index is 2.48. The highest BCUT2D eigenvalue weighted by molar-refractivity contribution is 5.60. The van der Waals surface area contributed by atoms with Gasteiger partial charge in [0.15, 0.2) is 0 Å². The number of likely N-dealkylation sites (N-methyl/N-ethyl adjacent to an activating group) is 1. The number of hydrogen-bond donors (Lipinski definition) is 0. The van der Waals surface area contributed by atoms with Crippen molar-refractivity contribution in [2.45, 2.75) is 11.3 Å². The van der Waals surface area contributed by atoms with Crippen LogP contribution in [0.1, 0.15) is 17.0 Å². The summed E-state index contributed by atoms with van der Waals surface area (Å²) in [6, 6.07) is 8.95. The van der Waals surface area contributed by atoms with Gasteiger partial charge in [-0.1, -0.05) is 42.5 Å². The van der Waals surface area contributed by atoms with Crippen LogP contribution < -0.4 is 0 Å². The van der Waals surface area contributed by atoms with Gasteiger partial charge in [-0.15, -0.1) is 0 Å². The molecule has 0 saturated carbocycles. The van der Waals surface area contributed by atoms with Crippen molar-refractivity contribution < 1.29 is 0 Å². The molecule has 1 heterocycles. The van der Waals surface area contributed by atoms with E-state index in [1.54, 1.807) is 11.1 Å². The van der Waals surface area contributed by atoms with Gasteiger partial charge in [-0.05, 0) is 23.7 Å². The second-order valence-electron chi connectivity index (χ2n) is 5.31. The highest BCUT2D eigenvalue weighted by Crippen LogP contribution is 2.51. The van der Waals surface area contributed by atoms with Gasteiger partial charge < -0.3 is 4.90 Å². The monoisotopic (exact) mass is 209 g/mol. The number of hydrogen-bond acceptors (Lipinski definition) is 1. The van der Waals surface area contributed by atoms with Gasteiger partial charge in [0, 0.05) is 24.4 Å². The quantitative estimate of drug-likeness (QED) is 0.593. The largest absolute Gasteiger partial charge is 0.301 e. The SMILES string of the molecule is CN1CC2=C[C@@H]3C=C[C@@]2(C1)c1ccccc13. The molecule has 1 aromatic rings. The second kappa shape index (κ2) is 2.67. The van der Waals surface area contributed by atoms with Crippen molar-refractivity contribution in [1.29, 1.82) is 0 Å². The van der Waals surface area contributed by atoms with E-state index in [4.69, 9.17) is 0 Å². The highest BCUT2D eigenvalue weighted by Gasteiger charge is 2.47. The maximum Gasteiger partial charge on any atom is 0.0484 e. The lowest BCUT2D eigenvalue weighted by molar-refractivity contribution is 0.393. The zero-order chi connectivity index (χ0) is 10.8. The number of benzene rings is 1. The summed E-state index contributed by atoms with van der Waals surface area (Å²) in [5.74, 6) is 0.527. The molecule has 1 fully saturated rings. The molecule has 4 aliphatic rings. The van der Waals surface area contributed by atoms with E-state index >= 15 is 0 Å². The van der Waals surface area contributed by atoms with Crippen LogP contribution in [0.3, 0.4) is 0 Å². The van der Waals surface area contributed by atoms with Crippen LogP contribution in [-0.4, -0.2) is 25.0 Å². The van der Waals surface area contributed by atoms with Gasteiger partial charge in [0.25, 0.3) is 0 Å². The van der Waals surface area contributed by atoms with E-state index in [2.05, 4.69) is 54.4 Å². The summed E-state index contributed by atoms with van der Waals surface area (Å²) < 4.78 is 0. The van der Waals surface area contributed by atoms with Crippen LogP contribution in [0.5, 0.6) is 0 Å². The predicted octanol–water partition coefficient (Wildman–Crippen LogP) is 2.46. The predicted molar refractivity (Wildman–Crippen MR) is 65.6 cm³/mol. The first-order valence-electron chi connectivity index (χ1n) is 5.98. The maximum absolute atomic E-state index is 2.48. The standard InChI is InChI=1S/C15H15N/c1-16-9-12-8-11-6-7-15(12,10-16)14-5-3-2-4-13(11)14/h2-8,11H,9-10H2,1H3/t11-,15-/m0/s1. The van der Waals surface area contributed by atoms with Crippen LogP contribution in [0, 0.1) is 0 Å². The summed E-state index contributed by atoms with van der Waals surface area (Å²) in [5.41, 5.74) is 4.88. The summed E-state index contributed by atoms with van der Waals surface area (Å²) in [5, 5.41) is 0. The summed E-state index contributed by atoms with van der Waals surface area (Å²) in [7, 11) is 2.22. The van der Waals surface area contributed by atoms with Crippen molar-refractivity contribution in [3.05, 3.63) is 59.2 Å². The Hall–Kier alpha value is -1.34. The molecule has 2 atom stereocenters. The lowest BCUT2D eigenvalue weighted by Crippen LogP contribution is -2.35. The zero-order valence-electron chi connectivity index (χ0n) is 9.48. The van der Waals surface area contributed by atoms with Crippen molar-refractivity contribution in [1.82, 2.24) is 4.90 Å². The van der Waals surface area contributed by atoms with Gasteiger partial charge in [0.1, 0.15) is 0 Å². The van der Waals surface area contributed by atoms with Gasteiger partial charge >= 0.3 is 0 Å². The van der Waals surface area contributed by atoms with E-state index in [1.165, 1.54) is 5.56 Å². The summed E-state index contributed by atoms with van der Waals surface area (Å²) in [6.07, 6.45) is 7.30. The van der Waals surface area contributed by atoms with Gasteiger partial charge in [0.2, 0.25) is 0 Å². The Morgan fingerprint density at radius 1 is 1.31 bits per heavy atom. The fourth-order valence-electron chi connectivity index (χ4n) is 3.65. The van der Waals surface area contributed by atoms with Gasteiger partial charge in [-0.2, -0.15) is 0 Å². The number of nitrogens with zero attached hydrogens (tertiary/aromatic N) is 1. The molecule has 0 radical (unpaired) electrons. The molecule has 1 spiro atoms. The minimum absolute atomic E-state index is 0.208. The third kappa shape index (κ3) is 0.863. The minimum Gasteiger partial charge on any atom is -0.301 e. The third-order valence-electron chi connectivity index (χ3n) is 4.30. The molecule has 0 amide bonds. The molecular formula is C15H15N. The summed E-state index contributed by atoms with van der Waals surface area (Å²) >= 11 is 0. The van der Waals surface area contributed by atoms with E-state index in [1.807, 2.05) is 0 Å². The van der Waals surface area contributed by atoms with E-state index in [0.29, 0.717) is 5.92 Å². The Labute approximate surface area is 96.1 Å². The molecule has 3 aliphatic carbocycles. The van der Waals surface area contributed by atoms with E-state index in [9.17, 15) is 0 Å². The van der Waals surface area contributed by atoms with Crippen LogP contribution in [0.15, 0.2) is 48.1 Å². The molecule has 1 aromatic carbocycles. The van der Waals surface area contributed by atoms with E-state index in [0.717, 1.165) is 13.1 Å². The van der Waals surface area contributed by atoms with Crippen LogP contribution in [0.25, 0.3) is 0 Å². The fraction of sp³-hybridized carbons (Fsp3) is 0.333. The molecule has 0 unspecified atom stereocenters. The van der Waals surface area contributed by atoms with Crippen molar-refractivity contribution in [3.8, 4) is 0 Å². The Balaban J connectivity index is 2.02. The average Bonchev–Trinajstić information content (AvgIpc) is 2.65. The number of likely N-dealkylation sites (tertiary alicyclic amines) is 1. The van der Waals surface area contributed by atoms with Gasteiger partial charge in [0.05, 0.1) is 0 Å². The second-order valence-corrected chi connectivity index (χ2v) is 5.31. The average molecular weight is 209 g/mol. The Bertz CT molecular complexity index is 526. The van der Waals surface area contributed by atoms with Crippen LogP contribution >= 0.6 is 0 Å². The molecular weight excluding hydrogens is 194 g/mol. The molecule has 80 valence electrons. The van der Waals surface area contributed by atoms with Crippen molar-refractivity contribution in [2.24, 2.45) is 0 Å². The summed E-state index contributed by atoms with van der Waals surface area (Å²) in [4.78, 5) is 2.43. The molecule has 1 aliphatic heterocycles. The molecule has 1 nitrogen and oxygen atoms in total. The van der Waals surface area contributed by atoms with Crippen LogP contribution in [0.2, 0.25) is 0 Å². The first-order chi connectivity index (χ1) is 7.79. The first-order valence-corrected chi connectivity index (χ1v) is 5.98. The Morgan fingerprint density at radius 2 is 2.19 bits per heavy atom.